The van der Waals surface area contributed by atoms with Crippen molar-refractivity contribution in [1.82, 2.24) is 0 Å². The van der Waals surface area contributed by atoms with Crippen molar-refractivity contribution < 1.29 is 18.7 Å². The van der Waals surface area contributed by atoms with Crippen molar-refractivity contribution in [3.63, 3.8) is 0 Å². The summed E-state index contributed by atoms with van der Waals surface area (Å²) < 4.78 is 25.9. The van der Waals surface area contributed by atoms with Crippen molar-refractivity contribution in [2.75, 3.05) is 0 Å². The molecule has 4 rings (SSSR count). The van der Waals surface area contributed by atoms with Gasteiger partial charge >= 0.3 is 5.97 Å². The number of hydrogen-bond acceptors (Lipinski definition) is 4. The Bertz CT molecular complexity index is 1220. The van der Waals surface area contributed by atoms with E-state index in [4.69, 9.17) is 21.1 Å². The van der Waals surface area contributed by atoms with Crippen LogP contribution in [0.15, 0.2) is 80.3 Å². The number of esters is 1. The molecule has 8 heteroatoms. The number of halogens is 4. The Morgan fingerprint density at radius 2 is 1.81 bits per heavy atom. The molecule has 0 unspecified atom stereocenters. The largest absolute Gasteiger partial charge is 0.487 e. The molecule has 0 saturated carbocycles. The first kappa shape index (κ1) is 21.7. The maximum Gasteiger partial charge on any atom is 0.363 e. The smallest absolute Gasteiger partial charge is 0.363 e. The molecule has 3 aromatic rings. The van der Waals surface area contributed by atoms with Gasteiger partial charge in [-0.05, 0) is 91.5 Å². The van der Waals surface area contributed by atoms with E-state index in [0.29, 0.717) is 37.5 Å². The van der Waals surface area contributed by atoms with Gasteiger partial charge in [0, 0.05) is 10.6 Å². The number of nitrogens with zero attached hydrogens (tertiary/aromatic N) is 1. The minimum absolute atomic E-state index is 0.0651. The number of carbonyl (C=O) groups excluding carboxylic acids is 1. The Balaban J connectivity index is 1.56. The lowest BCUT2D eigenvalue weighted by Gasteiger charge is -2.11. The molecule has 1 heterocycles. The lowest BCUT2D eigenvalue weighted by atomic mass is 10.2. The number of hydrogen-bond donors (Lipinski definition) is 0. The van der Waals surface area contributed by atoms with Crippen LogP contribution in [-0.2, 0) is 16.1 Å². The van der Waals surface area contributed by atoms with Gasteiger partial charge in [-0.2, -0.15) is 0 Å². The molecule has 0 radical (unpaired) electrons. The van der Waals surface area contributed by atoms with Crippen LogP contribution in [0.25, 0.3) is 6.08 Å². The van der Waals surface area contributed by atoms with Gasteiger partial charge in [-0.15, -0.1) is 0 Å². The molecule has 0 atom stereocenters. The van der Waals surface area contributed by atoms with E-state index in [2.05, 4.69) is 36.9 Å². The van der Waals surface area contributed by atoms with Gasteiger partial charge in [0.15, 0.2) is 5.70 Å². The molecule has 0 aliphatic carbocycles. The van der Waals surface area contributed by atoms with Crippen LogP contribution in [0, 0.1) is 5.82 Å². The van der Waals surface area contributed by atoms with Gasteiger partial charge in [0.25, 0.3) is 0 Å². The third-order valence-electron chi connectivity index (χ3n) is 4.29. The average Bonchev–Trinajstić information content (AvgIpc) is 3.08. The van der Waals surface area contributed by atoms with E-state index in [1.54, 1.807) is 30.3 Å². The molecule has 4 nitrogen and oxygen atoms in total. The van der Waals surface area contributed by atoms with Crippen molar-refractivity contribution in [2.24, 2.45) is 4.99 Å². The standard InChI is InChI=1S/C23H13Br2ClFNO3/c24-18-8-14(9-19(25)21(18)30-12-13-3-1-5-16(26)7-13)10-20-23(29)31-22(28-20)15-4-2-6-17(27)11-15/h1-11H,12H2. The van der Waals surface area contributed by atoms with E-state index in [-0.39, 0.29) is 11.6 Å². The molecule has 31 heavy (non-hydrogen) atoms. The second-order valence-electron chi connectivity index (χ2n) is 6.58. The molecule has 0 saturated heterocycles. The Kier molecular flexibility index (Phi) is 6.55. The first-order chi connectivity index (χ1) is 14.9. The molecule has 1 aliphatic heterocycles. The molecular weight excluding hydrogens is 553 g/mol. The molecule has 0 N–H and O–H groups in total. The van der Waals surface area contributed by atoms with Gasteiger partial charge in [-0.25, -0.2) is 14.2 Å². The van der Waals surface area contributed by atoms with E-state index in [9.17, 15) is 9.18 Å². The fourth-order valence-electron chi connectivity index (χ4n) is 2.89. The summed E-state index contributed by atoms with van der Waals surface area (Å²) in [5.74, 6) is -0.363. The molecule has 156 valence electrons. The van der Waals surface area contributed by atoms with Crippen LogP contribution in [0.4, 0.5) is 4.39 Å². The van der Waals surface area contributed by atoms with E-state index in [0.717, 1.165) is 5.56 Å². The average molecular weight is 566 g/mol. The SMILES string of the molecule is O=C1OC(c2cccc(F)c2)=NC1=Cc1cc(Br)c(OCc2cccc(Cl)c2)c(Br)c1. The quantitative estimate of drug-likeness (QED) is 0.249. The number of rotatable bonds is 5. The van der Waals surface area contributed by atoms with Crippen LogP contribution in [-0.4, -0.2) is 11.9 Å². The number of aliphatic imine (C=N–C) groups is 1. The Morgan fingerprint density at radius 1 is 1.06 bits per heavy atom. The summed E-state index contributed by atoms with van der Waals surface area (Å²) in [6, 6.07) is 16.7. The molecule has 0 aromatic heterocycles. The van der Waals surface area contributed by atoms with Gasteiger partial charge < -0.3 is 9.47 Å². The summed E-state index contributed by atoms with van der Waals surface area (Å²) in [5.41, 5.74) is 2.14. The highest BCUT2D eigenvalue weighted by molar-refractivity contribution is 9.11. The third kappa shape index (κ3) is 5.23. The van der Waals surface area contributed by atoms with Crippen LogP contribution in [0.5, 0.6) is 5.75 Å². The van der Waals surface area contributed by atoms with Gasteiger partial charge in [-0.3, -0.25) is 0 Å². The Hall–Kier alpha value is -2.48. The summed E-state index contributed by atoms with van der Waals surface area (Å²) in [6.45, 7) is 0.339. The van der Waals surface area contributed by atoms with Crippen LogP contribution in [0.1, 0.15) is 16.7 Å². The monoisotopic (exact) mass is 563 g/mol. The first-order valence-corrected chi connectivity index (χ1v) is 11.0. The number of carbonyl (C=O) groups is 1. The predicted molar refractivity (Wildman–Crippen MR) is 125 cm³/mol. The van der Waals surface area contributed by atoms with Crippen LogP contribution >= 0.6 is 43.5 Å². The minimum Gasteiger partial charge on any atom is -0.487 e. The first-order valence-electron chi connectivity index (χ1n) is 9.04. The molecule has 0 amide bonds. The fraction of sp³-hybridized carbons (Fsp3) is 0.0435. The highest BCUT2D eigenvalue weighted by Gasteiger charge is 2.24. The molecule has 1 aliphatic rings. The highest BCUT2D eigenvalue weighted by atomic mass is 79.9. The van der Waals surface area contributed by atoms with E-state index >= 15 is 0 Å². The van der Waals surface area contributed by atoms with Crippen molar-refractivity contribution in [1.29, 1.82) is 0 Å². The third-order valence-corrected chi connectivity index (χ3v) is 5.70. The number of ether oxygens (including phenoxy) is 2. The molecule has 0 spiro atoms. The zero-order valence-electron chi connectivity index (χ0n) is 15.7. The van der Waals surface area contributed by atoms with Crippen molar-refractivity contribution in [3.8, 4) is 5.75 Å². The summed E-state index contributed by atoms with van der Waals surface area (Å²) in [5, 5.41) is 0.641. The van der Waals surface area contributed by atoms with E-state index in [1.807, 2.05) is 18.2 Å². The second-order valence-corrected chi connectivity index (χ2v) is 8.72. The summed E-state index contributed by atoms with van der Waals surface area (Å²) >= 11 is 13.0. The maximum atomic E-state index is 13.4. The zero-order valence-corrected chi connectivity index (χ0v) is 19.7. The normalized spacial score (nSPS) is 14.5. The minimum atomic E-state index is -0.604. The fourth-order valence-corrected chi connectivity index (χ4v) is 4.56. The highest BCUT2D eigenvalue weighted by Crippen LogP contribution is 2.36. The second kappa shape index (κ2) is 9.34. The van der Waals surface area contributed by atoms with Crippen LogP contribution < -0.4 is 4.74 Å². The molecule has 0 fully saturated rings. The predicted octanol–water partition coefficient (Wildman–Crippen LogP) is 6.93. The Morgan fingerprint density at radius 3 is 2.52 bits per heavy atom. The van der Waals surface area contributed by atoms with E-state index < -0.39 is 11.8 Å². The molecule has 3 aromatic carbocycles. The van der Waals surface area contributed by atoms with Gasteiger partial charge in [0.05, 0.1) is 8.95 Å². The van der Waals surface area contributed by atoms with Crippen molar-refractivity contribution in [3.05, 3.63) is 103 Å². The van der Waals surface area contributed by atoms with Gasteiger partial charge in [-0.1, -0.05) is 29.8 Å². The number of benzene rings is 3. The summed E-state index contributed by atoms with van der Waals surface area (Å²) in [7, 11) is 0. The molecule has 0 bridgehead atoms. The lowest BCUT2D eigenvalue weighted by Crippen LogP contribution is -2.05. The van der Waals surface area contributed by atoms with Gasteiger partial charge in [0.1, 0.15) is 18.2 Å². The van der Waals surface area contributed by atoms with Crippen LogP contribution in [0.2, 0.25) is 5.02 Å². The van der Waals surface area contributed by atoms with Crippen molar-refractivity contribution >= 4 is 61.4 Å². The molecular formula is C23H13Br2ClFNO3. The van der Waals surface area contributed by atoms with Gasteiger partial charge in [0.2, 0.25) is 5.90 Å². The summed E-state index contributed by atoms with van der Waals surface area (Å²) in [6.07, 6.45) is 1.59. The maximum absolute atomic E-state index is 13.4. The van der Waals surface area contributed by atoms with E-state index in [1.165, 1.54) is 18.2 Å². The Labute approximate surface area is 199 Å². The van der Waals surface area contributed by atoms with Crippen molar-refractivity contribution in [2.45, 2.75) is 6.61 Å². The lowest BCUT2D eigenvalue weighted by molar-refractivity contribution is -0.129. The number of cyclic esters (lactones) is 1. The van der Waals surface area contributed by atoms with Crippen LogP contribution in [0.3, 0.4) is 0 Å². The topological polar surface area (TPSA) is 47.9 Å². The summed E-state index contributed by atoms with van der Waals surface area (Å²) in [4.78, 5) is 16.4. The zero-order chi connectivity index (χ0) is 22.0.